The molecule has 5 nitrogen and oxygen atoms in total. The van der Waals surface area contributed by atoms with Crippen molar-refractivity contribution in [2.75, 3.05) is 18.8 Å². The Morgan fingerprint density at radius 1 is 1.35 bits per heavy atom. The first-order chi connectivity index (χ1) is 9.43. The number of pyridine rings is 1. The second-order valence-corrected chi connectivity index (χ2v) is 7.63. The number of nitrogen functional groups attached to an aromatic ring is 1. The summed E-state index contributed by atoms with van der Waals surface area (Å²) in [5.74, 6) is 1.28. The van der Waals surface area contributed by atoms with Gasteiger partial charge in [-0.25, -0.2) is 13.4 Å². The Morgan fingerprint density at radius 2 is 2.10 bits per heavy atom. The summed E-state index contributed by atoms with van der Waals surface area (Å²) in [6, 6.07) is 3.14. The maximum atomic E-state index is 12.6. The summed E-state index contributed by atoms with van der Waals surface area (Å²) in [6.07, 6.45) is 4.41. The largest absolute Gasteiger partial charge is 0.383 e. The molecule has 0 aromatic carbocycles. The van der Waals surface area contributed by atoms with Crippen LogP contribution in [0.25, 0.3) is 0 Å². The van der Waals surface area contributed by atoms with Crippen LogP contribution in [0.15, 0.2) is 23.2 Å². The molecule has 0 spiro atoms. The van der Waals surface area contributed by atoms with Gasteiger partial charge in [-0.2, -0.15) is 4.31 Å². The summed E-state index contributed by atoms with van der Waals surface area (Å²) < 4.78 is 26.8. The molecule has 1 aromatic rings. The normalized spacial score (nSPS) is 21.9. The number of hydrogen-bond donors (Lipinski definition) is 1. The highest BCUT2D eigenvalue weighted by molar-refractivity contribution is 7.89. The van der Waals surface area contributed by atoms with Gasteiger partial charge in [-0.3, -0.25) is 0 Å². The van der Waals surface area contributed by atoms with E-state index >= 15 is 0 Å². The lowest BCUT2D eigenvalue weighted by molar-refractivity contribution is 0.341. The van der Waals surface area contributed by atoms with Crippen molar-refractivity contribution in [3.05, 3.63) is 18.3 Å². The molecule has 0 bridgehead atoms. The molecule has 2 rings (SSSR count). The van der Waals surface area contributed by atoms with E-state index in [0.29, 0.717) is 24.9 Å². The standard InChI is InChI=1S/C14H23N3O2S/c1-11(2)12-5-4-9-17(10-7-12)20(18,19)13-6-3-8-16-14(13)15/h3,6,8,11-12H,4-5,7,9-10H2,1-2H3,(H2,15,16). The maximum Gasteiger partial charge on any atom is 0.246 e. The lowest BCUT2D eigenvalue weighted by Crippen LogP contribution is -2.32. The van der Waals surface area contributed by atoms with Gasteiger partial charge in [0.05, 0.1) is 0 Å². The second-order valence-electron chi connectivity index (χ2n) is 5.73. The van der Waals surface area contributed by atoms with E-state index in [2.05, 4.69) is 18.8 Å². The van der Waals surface area contributed by atoms with E-state index < -0.39 is 10.0 Å². The highest BCUT2D eigenvalue weighted by Crippen LogP contribution is 2.28. The average Bonchev–Trinajstić information content (AvgIpc) is 2.65. The monoisotopic (exact) mass is 297 g/mol. The molecule has 0 radical (unpaired) electrons. The number of hydrogen-bond acceptors (Lipinski definition) is 4. The van der Waals surface area contributed by atoms with Crippen molar-refractivity contribution in [3.63, 3.8) is 0 Å². The Balaban J connectivity index is 2.21. The summed E-state index contributed by atoms with van der Waals surface area (Å²) in [5, 5.41) is 0. The van der Waals surface area contributed by atoms with Crippen molar-refractivity contribution in [1.29, 1.82) is 0 Å². The number of nitrogens with two attached hydrogens (primary N) is 1. The number of sulfonamides is 1. The quantitative estimate of drug-likeness (QED) is 0.927. The lowest BCUT2D eigenvalue weighted by Gasteiger charge is -2.21. The fourth-order valence-corrected chi connectivity index (χ4v) is 4.32. The molecule has 1 aliphatic rings. The van der Waals surface area contributed by atoms with E-state index in [1.54, 1.807) is 10.4 Å². The van der Waals surface area contributed by atoms with Gasteiger partial charge in [0, 0.05) is 19.3 Å². The molecule has 1 unspecified atom stereocenters. The SMILES string of the molecule is CC(C)C1CCCN(S(=O)(=O)c2cccnc2N)CC1. The predicted molar refractivity (Wildman–Crippen MR) is 79.6 cm³/mol. The molecule has 112 valence electrons. The summed E-state index contributed by atoms with van der Waals surface area (Å²) in [6.45, 7) is 5.54. The van der Waals surface area contributed by atoms with E-state index in [4.69, 9.17) is 5.73 Å². The van der Waals surface area contributed by atoms with Crippen LogP contribution in [0.4, 0.5) is 5.82 Å². The van der Waals surface area contributed by atoms with E-state index in [9.17, 15) is 8.42 Å². The molecule has 1 fully saturated rings. The van der Waals surface area contributed by atoms with Gasteiger partial charge in [-0.05, 0) is 43.2 Å². The van der Waals surface area contributed by atoms with Crippen molar-refractivity contribution in [2.24, 2.45) is 11.8 Å². The van der Waals surface area contributed by atoms with Gasteiger partial charge in [0.2, 0.25) is 10.0 Å². The molecule has 0 amide bonds. The van der Waals surface area contributed by atoms with Crippen molar-refractivity contribution in [2.45, 2.75) is 38.0 Å². The lowest BCUT2D eigenvalue weighted by atomic mass is 9.89. The average molecular weight is 297 g/mol. The molecule has 2 N–H and O–H groups in total. The molecule has 1 saturated heterocycles. The molecular formula is C14H23N3O2S. The van der Waals surface area contributed by atoms with Gasteiger partial charge in [0.1, 0.15) is 10.7 Å². The van der Waals surface area contributed by atoms with Crippen LogP contribution in [0, 0.1) is 11.8 Å². The van der Waals surface area contributed by atoms with Crippen LogP contribution in [0.1, 0.15) is 33.1 Å². The highest BCUT2D eigenvalue weighted by Gasteiger charge is 2.29. The molecule has 0 aliphatic carbocycles. The number of nitrogens with zero attached hydrogens (tertiary/aromatic N) is 2. The smallest absolute Gasteiger partial charge is 0.246 e. The molecule has 1 aliphatic heterocycles. The predicted octanol–water partition coefficient (Wildman–Crippen LogP) is 2.11. The summed E-state index contributed by atoms with van der Waals surface area (Å²) in [5.41, 5.74) is 5.71. The third kappa shape index (κ3) is 3.12. The minimum absolute atomic E-state index is 0.0807. The first-order valence-corrected chi connectivity index (χ1v) is 8.57. The van der Waals surface area contributed by atoms with Gasteiger partial charge < -0.3 is 5.73 Å². The molecule has 1 atom stereocenters. The first kappa shape index (κ1) is 15.3. The van der Waals surface area contributed by atoms with Gasteiger partial charge in [-0.15, -0.1) is 0 Å². The second kappa shape index (κ2) is 6.10. The zero-order valence-electron chi connectivity index (χ0n) is 12.1. The van der Waals surface area contributed by atoms with Gasteiger partial charge in [0.25, 0.3) is 0 Å². The van der Waals surface area contributed by atoms with E-state index in [1.807, 2.05) is 0 Å². The van der Waals surface area contributed by atoms with Crippen molar-refractivity contribution in [3.8, 4) is 0 Å². The molecular weight excluding hydrogens is 274 g/mol. The first-order valence-electron chi connectivity index (χ1n) is 7.13. The van der Waals surface area contributed by atoms with Crippen molar-refractivity contribution in [1.82, 2.24) is 9.29 Å². The Kier molecular flexibility index (Phi) is 4.65. The maximum absolute atomic E-state index is 12.6. The van der Waals surface area contributed by atoms with E-state index in [1.165, 1.54) is 12.3 Å². The number of rotatable bonds is 3. The highest BCUT2D eigenvalue weighted by atomic mass is 32.2. The van der Waals surface area contributed by atoms with Crippen LogP contribution in [0.3, 0.4) is 0 Å². The van der Waals surface area contributed by atoms with Crippen LogP contribution in [0.5, 0.6) is 0 Å². The van der Waals surface area contributed by atoms with Gasteiger partial charge >= 0.3 is 0 Å². The number of anilines is 1. The molecule has 20 heavy (non-hydrogen) atoms. The summed E-state index contributed by atoms with van der Waals surface area (Å²) in [4.78, 5) is 4.01. The Morgan fingerprint density at radius 3 is 2.75 bits per heavy atom. The minimum Gasteiger partial charge on any atom is -0.383 e. The zero-order valence-corrected chi connectivity index (χ0v) is 12.9. The molecule has 0 saturated carbocycles. The third-order valence-corrected chi connectivity index (χ3v) is 6.04. The van der Waals surface area contributed by atoms with E-state index in [-0.39, 0.29) is 10.7 Å². The molecule has 2 heterocycles. The molecule has 1 aromatic heterocycles. The number of aromatic nitrogens is 1. The summed E-state index contributed by atoms with van der Waals surface area (Å²) >= 11 is 0. The third-order valence-electron chi connectivity index (χ3n) is 4.09. The van der Waals surface area contributed by atoms with Crippen molar-refractivity contribution >= 4 is 15.8 Å². The van der Waals surface area contributed by atoms with Crippen molar-refractivity contribution < 1.29 is 8.42 Å². The van der Waals surface area contributed by atoms with Crippen LogP contribution in [-0.2, 0) is 10.0 Å². The van der Waals surface area contributed by atoms with Gasteiger partial charge in [-0.1, -0.05) is 13.8 Å². The van der Waals surface area contributed by atoms with Crippen LogP contribution in [0.2, 0.25) is 0 Å². The van der Waals surface area contributed by atoms with Gasteiger partial charge in [0.15, 0.2) is 0 Å². The summed E-state index contributed by atoms with van der Waals surface area (Å²) in [7, 11) is -3.52. The minimum atomic E-state index is -3.52. The Hall–Kier alpha value is -1.14. The van der Waals surface area contributed by atoms with Crippen LogP contribution >= 0.6 is 0 Å². The Bertz CT molecular complexity index is 557. The molecule has 6 heteroatoms. The Labute approximate surface area is 121 Å². The topological polar surface area (TPSA) is 76.3 Å². The van der Waals surface area contributed by atoms with Crippen LogP contribution in [-0.4, -0.2) is 30.8 Å². The zero-order chi connectivity index (χ0) is 14.8. The van der Waals surface area contributed by atoms with E-state index in [0.717, 1.165) is 19.3 Å². The fourth-order valence-electron chi connectivity index (χ4n) is 2.76. The van der Waals surface area contributed by atoms with Crippen LogP contribution < -0.4 is 5.73 Å². The fraction of sp³-hybridized carbons (Fsp3) is 0.643.